The Hall–Kier alpha value is -2.09. The van der Waals surface area contributed by atoms with Crippen molar-refractivity contribution in [2.24, 2.45) is 5.84 Å². The number of hydrazine groups is 1. The third-order valence-corrected chi connectivity index (χ3v) is 2.08. The van der Waals surface area contributed by atoms with Crippen LogP contribution in [0.5, 0.6) is 0 Å². The smallest absolute Gasteiger partial charge is 0.242 e. The second kappa shape index (κ2) is 6.01. The van der Waals surface area contributed by atoms with E-state index in [-0.39, 0.29) is 17.9 Å². The molecule has 8 heteroatoms. The van der Waals surface area contributed by atoms with Crippen molar-refractivity contribution in [3.63, 3.8) is 0 Å². The number of hydrogen-bond acceptors (Lipinski definition) is 7. The van der Waals surface area contributed by atoms with Gasteiger partial charge in [0.1, 0.15) is 17.7 Å². The summed E-state index contributed by atoms with van der Waals surface area (Å²) in [5, 5.41) is 5.71. The van der Waals surface area contributed by atoms with E-state index in [4.69, 9.17) is 11.6 Å². The van der Waals surface area contributed by atoms with Crippen molar-refractivity contribution < 1.29 is 4.79 Å². The van der Waals surface area contributed by atoms with E-state index in [9.17, 15) is 4.79 Å². The van der Waals surface area contributed by atoms with Gasteiger partial charge in [0.25, 0.3) is 0 Å². The van der Waals surface area contributed by atoms with Gasteiger partial charge in [-0.25, -0.2) is 5.84 Å². The number of nitrogens with two attached hydrogens (primary N) is 2. The Morgan fingerprint density at radius 2 is 1.89 bits per heavy atom. The fourth-order valence-corrected chi connectivity index (χ4v) is 1.31. The summed E-state index contributed by atoms with van der Waals surface area (Å²) in [6.07, 6.45) is 0. The Morgan fingerprint density at radius 1 is 1.28 bits per heavy atom. The zero-order valence-electron chi connectivity index (χ0n) is 10.7. The highest BCUT2D eigenvalue weighted by molar-refractivity contribution is 5.84. The van der Waals surface area contributed by atoms with Crippen molar-refractivity contribution in [3.05, 3.63) is 6.07 Å². The van der Waals surface area contributed by atoms with Gasteiger partial charge in [-0.15, -0.1) is 0 Å². The molecule has 0 aliphatic carbocycles. The largest absolute Gasteiger partial charge is 0.368 e. The Labute approximate surface area is 106 Å². The summed E-state index contributed by atoms with van der Waals surface area (Å²) >= 11 is 0. The van der Waals surface area contributed by atoms with Gasteiger partial charge in [0, 0.05) is 12.1 Å². The highest BCUT2D eigenvalue weighted by atomic mass is 16.2. The molecule has 0 aliphatic heterocycles. The predicted molar refractivity (Wildman–Crippen MR) is 70.6 cm³/mol. The van der Waals surface area contributed by atoms with Gasteiger partial charge in [0.2, 0.25) is 11.9 Å². The summed E-state index contributed by atoms with van der Waals surface area (Å²) in [4.78, 5) is 19.5. The summed E-state index contributed by atoms with van der Waals surface area (Å²) in [6, 6.07) is 1.21. The zero-order chi connectivity index (χ0) is 13.7. The molecular weight excluding hydrogens is 234 g/mol. The Balaban J connectivity index is 2.72. The minimum absolute atomic E-state index is 0.0735. The molecule has 1 atom stereocenters. The number of rotatable bonds is 5. The number of amides is 1. The predicted octanol–water partition coefficient (Wildman–Crippen LogP) is -0.331. The van der Waals surface area contributed by atoms with E-state index in [1.807, 2.05) is 13.8 Å². The molecule has 0 saturated carbocycles. The van der Waals surface area contributed by atoms with Crippen LogP contribution in [0.2, 0.25) is 0 Å². The van der Waals surface area contributed by atoms with Gasteiger partial charge in [-0.3, -0.25) is 4.79 Å². The topological polar surface area (TPSA) is 131 Å². The van der Waals surface area contributed by atoms with Crippen LogP contribution in [0.1, 0.15) is 20.8 Å². The maximum atomic E-state index is 11.7. The van der Waals surface area contributed by atoms with Crippen molar-refractivity contribution in [1.29, 1.82) is 0 Å². The number of aromatic nitrogens is 2. The van der Waals surface area contributed by atoms with Crippen LogP contribution in [-0.4, -0.2) is 28.0 Å². The standard InChI is InChI=1S/C10H19N7O/c1-5(2)13-9(18)6(3)14-7-4-8(17-12)16-10(11)15-7/h4-6H,12H2,1-3H3,(H,13,18)(H4,11,14,15,16,17). The summed E-state index contributed by atoms with van der Waals surface area (Å²) in [7, 11) is 0. The van der Waals surface area contributed by atoms with Crippen molar-refractivity contribution in [2.45, 2.75) is 32.9 Å². The summed E-state index contributed by atoms with van der Waals surface area (Å²) in [5.41, 5.74) is 7.88. The Bertz CT molecular complexity index is 421. The third kappa shape index (κ3) is 4.06. The highest BCUT2D eigenvalue weighted by Crippen LogP contribution is 2.12. The Kier molecular flexibility index (Phi) is 4.67. The van der Waals surface area contributed by atoms with E-state index in [0.717, 1.165) is 0 Å². The summed E-state index contributed by atoms with van der Waals surface area (Å²) in [6.45, 7) is 5.51. The minimum Gasteiger partial charge on any atom is -0.368 e. The first-order valence-corrected chi connectivity index (χ1v) is 5.60. The molecule has 1 rings (SSSR count). The fraction of sp³-hybridized carbons (Fsp3) is 0.500. The van der Waals surface area contributed by atoms with Gasteiger partial charge in [-0.05, 0) is 20.8 Å². The van der Waals surface area contributed by atoms with Crippen LogP contribution in [-0.2, 0) is 4.79 Å². The number of anilines is 3. The molecule has 0 aliphatic rings. The van der Waals surface area contributed by atoms with Crippen LogP contribution in [0.15, 0.2) is 6.07 Å². The number of nitrogen functional groups attached to an aromatic ring is 2. The van der Waals surface area contributed by atoms with Gasteiger partial charge < -0.3 is 21.8 Å². The lowest BCUT2D eigenvalue weighted by atomic mass is 10.3. The van der Waals surface area contributed by atoms with E-state index in [2.05, 4.69) is 26.0 Å². The normalized spacial score (nSPS) is 12.1. The number of carbonyl (C=O) groups is 1. The van der Waals surface area contributed by atoms with E-state index in [1.54, 1.807) is 13.0 Å². The van der Waals surface area contributed by atoms with E-state index < -0.39 is 6.04 Å². The summed E-state index contributed by atoms with van der Waals surface area (Å²) < 4.78 is 0. The molecule has 1 aromatic rings. The molecule has 7 N–H and O–H groups in total. The molecule has 0 aromatic carbocycles. The lowest BCUT2D eigenvalue weighted by Crippen LogP contribution is -2.41. The molecule has 1 amide bonds. The minimum atomic E-state index is -0.438. The van der Waals surface area contributed by atoms with Crippen LogP contribution in [0.4, 0.5) is 17.6 Å². The average molecular weight is 253 g/mol. The first-order valence-electron chi connectivity index (χ1n) is 5.60. The quantitative estimate of drug-likeness (QED) is 0.358. The molecule has 1 aromatic heterocycles. The summed E-state index contributed by atoms with van der Waals surface area (Å²) in [5.74, 6) is 6.00. The van der Waals surface area contributed by atoms with Gasteiger partial charge >= 0.3 is 0 Å². The molecule has 1 heterocycles. The van der Waals surface area contributed by atoms with Crippen LogP contribution in [0.25, 0.3) is 0 Å². The third-order valence-electron chi connectivity index (χ3n) is 2.08. The second-order valence-electron chi connectivity index (χ2n) is 4.17. The maximum Gasteiger partial charge on any atom is 0.242 e. The highest BCUT2D eigenvalue weighted by Gasteiger charge is 2.14. The SMILES string of the molecule is CC(C)NC(=O)C(C)Nc1cc(NN)nc(N)n1. The van der Waals surface area contributed by atoms with E-state index in [0.29, 0.717) is 11.6 Å². The van der Waals surface area contributed by atoms with E-state index in [1.165, 1.54) is 0 Å². The molecule has 18 heavy (non-hydrogen) atoms. The van der Waals surface area contributed by atoms with Crippen LogP contribution in [0, 0.1) is 0 Å². The molecule has 100 valence electrons. The second-order valence-corrected chi connectivity index (χ2v) is 4.17. The Morgan fingerprint density at radius 3 is 2.44 bits per heavy atom. The number of nitrogens with zero attached hydrogens (tertiary/aromatic N) is 2. The lowest BCUT2D eigenvalue weighted by molar-refractivity contribution is -0.122. The van der Waals surface area contributed by atoms with Crippen molar-refractivity contribution in [1.82, 2.24) is 15.3 Å². The molecule has 0 radical (unpaired) electrons. The number of carbonyl (C=O) groups excluding carboxylic acids is 1. The lowest BCUT2D eigenvalue weighted by Gasteiger charge is -2.16. The number of hydrogen-bond donors (Lipinski definition) is 5. The number of nitrogens with one attached hydrogen (secondary N) is 3. The average Bonchev–Trinajstić information content (AvgIpc) is 2.27. The van der Waals surface area contributed by atoms with Crippen molar-refractivity contribution in [2.75, 3.05) is 16.5 Å². The molecule has 0 fully saturated rings. The van der Waals surface area contributed by atoms with Crippen molar-refractivity contribution >= 4 is 23.5 Å². The van der Waals surface area contributed by atoms with E-state index >= 15 is 0 Å². The molecule has 1 unspecified atom stereocenters. The van der Waals surface area contributed by atoms with Crippen molar-refractivity contribution in [3.8, 4) is 0 Å². The molecule has 0 bridgehead atoms. The van der Waals surface area contributed by atoms with Gasteiger partial charge in [-0.2, -0.15) is 9.97 Å². The monoisotopic (exact) mass is 253 g/mol. The molecule has 0 saturated heterocycles. The molecule has 0 spiro atoms. The molecular formula is C10H19N7O. The fourth-order valence-electron chi connectivity index (χ4n) is 1.31. The van der Waals surface area contributed by atoms with Gasteiger partial charge in [0.15, 0.2) is 0 Å². The molecule has 8 nitrogen and oxygen atoms in total. The van der Waals surface area contributed by atoms with Gasteiger partial charge in [-0.1, -0.05) is 0 Å². The van der Waals surface area contributed by atoms with Crippen LogP contribution < -0.4 is 27.6 Å². The zero-order valence-corrected chi connectivity index (χ0v) is 10.7. The first-order chi connectivity index (χ1) is 8.42. The van der Waals surface area contributed by atoms with Crippen LogP contribution in [0.3, 0.4) is 0 Å². The maximum absolute atomic E-state index is 11.7. The first kappa shape index (κ1) is 14.0. The van der Waals surface area contributed by atoms with Gasteiger partial charge in [0.05, 0.1) is 0 Å². The van der Waals surface area contributed by atoms with Crippen LogP contribution >= 0.6 is 0 Å².